The summed E-state index contributed by atoms with van der Waals surface area (Å²) in [5.74, 6) is -0.767. The molecule has 1 amide bonds. The van der Waals surface area contributed by atoms with Gasteiger partial charge in [0.1, 0.15) is 5.76 Å². The normalized spacial score (nSPS) is 17.9. The van der Waals surface area contributed by atoms with E-state index in [9.17, 15) is 9.59 Å². The summed E-state index contributed by atoms with van der Waals surface area (Å²) in [7, 11) is 0. The number of aromatic nitrogens is 2. The molecule has 3 heterocycles. The van der Waals surface area contributed by atoms with Crippen molar-refractivity contribution in [3.05, 3.63) is 40.5 Å². The minimum Gasteiger partial charge on any atom is -0.481 e. The van der Waals surface area contributed by atoms with Gasteiger partial charge in [0.2, 0.25) is 0 Å². The zero-order valence-corrected chi connectivity index (χ0v) is 13.2. The highest BCUT2D eigenvalue weighted by Crippen LogP contribution is 2.20. The number of carboxylic acids is 1. The molecule has 116 valence electrons. The van der Waals surface area contributed by atoms with Crippen LogP contribution in [-0.4, -0.2) is 44.8 Å². The van der Waals surface area contributed by atoms with E-state index in [1.54, 1.807) is 23.0 Å². The molecule has 1 atom stereocenters. The molecule has 1 N–H and O–H groups in total. The van der Waals surface area contributed by atoms with Gasteiger partial charge in [0.15, 0.2) is 5.76 Å². The van der Waals surface area contributed by atoms with Crippen LogP contribution in [-0.2, 0) is 11.3 Å². The molecule has 0 radical (unpaired) electrons. The fraction of sp³-hybridized carbons (Fsp3) is 0.357. The molecule has 7 nitrogen and oxygen atoms in total. The summed E-state index contributed by atoms with van der Waals surface area (Å²) in [5.41, 5.74) is 0. The maximum absolute atomic E-state index is 12.3. The number of carbonyl (C=O) groups excluding carboxylic acids is 1. The van der Waals surface area contributed by atoms with E-state index in [0.717, 1.165) is 4.47 Å². The van der Waals surface area contributed by atoms with Crippen molar-refractivity contribution in [2.24, 2.45) is 5.92 Å². The van der Waals surface area contributed by atoms with Crippen LogP contribution >= 0.6 is 15.9 Å². The summed E-state index contributed by atoms with van der Waals surface area (Å²) in [6.45, 7) is 1.10. The van der Waals surface area contributed by atoms with Gasteiger partial charge in [0.25, 0.3) is 5.91 Å². The second kappa shape index (κ2) is 5.96. The van der Waals surface area contributed by atoms with Crippen LogP contribution in [0.1, 0.15) is 22.7 Å². The minimum absolute atomic E-state index is 0.229. The summed E-state index contributed by atoms with van der Waals surface area (Å²) in [6.07, 6.45) is 3.96. The van der Waals surface area contributed by atoms with Crippen LogP contribution in [0.3, 0.4) is 0 Å². The number of aliphatic carboxylic acids is 1. The molecule has 0 saturated carbocycles. The van der Waals surface area contributed by atoms with Crippen LogP contribution in [0.25, 0.3) is 0 Å². The van der Waals surface area contributed by atoms with Crippen molar-refractivity contribution in [2.45, 2.75) is 13.0 Å². The zero-order valence-electron chi connectivity index (χ0n) is 11.6. The number of rotatable bonds is 4. The number of carboxylic acid groups (broad SMARTS) is 1. The van der Waals surface area contributed by atoms with E-state index in [-0.39, 0.29) is 18.2 Å². The molecule has 2 aromatic rings. The number of hydrogen-bond acceptors (Lipinski definition) is 4. The molecule has 0 aromatic carbocycles. The summed E-state index contributed by atoms with van der Waals surface area (Å²) in [5, 5.41) is 13.1. The lowest BCUT2D eigenvalue weighted by atomic mass is 10.1. The molecule has 0 spiro atoms. The Bertz CT molecular complexity index is 709. The molecule has 22 heavy (non-hydrogen) atoms. The van der Waals surface area contributed by atoms with Gasteiger partial charge in [-0.1, -0.05) is 0 Å². The van der Waals surface area contributed by atoms with E-state index >= 15 is 0 Å². The van der Waals surface area contributed by atoms with Crippen LogP contribution in [0, 0.1) is 5.92 Å². The third-order valence-electron chi connectivity index (χ3n) is 3.62. The molecular weight excluding hydrogens is 354 g/mol. The predicted octanol–water partition coefficient (Wildman–Crippen LogP) is 1.83. The summed E-state index contributed by atoms with van der Waals surface area (Å²) in [4.78, 5) is 24.8. The fourth-order valence-corrected chi connectivity index (χ4v) is 2.79. The lowest BCUT2D eigenvalue weighted by Gasteiger charge is -2.13. The molecule has 2 aromatic heterocycles. The van der Waals surface area contributed by atoms with Crippen LogP contribution in [0.15, 0.2) is 33.4 Å². The lowest BCUT2D eigenvalue weighted by Crippen LogP contribution is -2.29. The van der Waals surface area contributed by atoms with Crippen molar-refractivity contribution >= 4 is 27.8 Å². The van der Waals surface area contributed by atoms with Crippen molar-refractivity contribution in [3.8, 4) is 0 Å². The monoisotopic (exact) mass is 367 g/mol. The van der Waals surface area contributed by atoms with Gasteiger partial charge >= 0.3 is 5.97 Å². The van der Waals surface area contributed by atoms with E-state index < -0.39 is 11.9 Å². The van der Waals surface area contributed by atoms with Gasteiger partial charge < -0.3 is 14.4 Å². The number of carbonyl (C=O) groups is 2. The van der Waals surface area contributed by atoms with Crippen molar-refractivity contribution in [3.63, 3.8) is 0 Å². The molecule has 3 rings (SSSR count). The minimum atomic E-state index is -0.861. The first-order valence-corrected chi connectivity index (χ1v) is 7.61. The maximum Gasteiger partial charge on any atom is 0.308 e. The SMILES string of the molecule is O=C(O)[C@H]1CCN(C(=O)c2ccc(Cn3cc(Br)cn3)o2)C1. The van der Waals surface area contributed by atoms with Gasteiger partial charge in [-0.15, -0.1) is 0 Å². The smallest absolute Gasteiger partial charge is 0.308 e. The highest BCUT2D eigenvalue weighted by atomic mass is 79.9. The van der Waals surface area contributed by atoms with E-state index in [0.29, 0.717) is 25.3 Å². The average molecular weight is 368 g/mol. The summed E-state index contributed by atoms with van der Waals surface area (Å²) >= 11 is 3.31. The van der Waals surface area contributed by atoms with Gasteiger partial charge in [0, 0.05) is 19.3 Å². The standard InChI is InChI=1S/C14H14BrN3O4/c15-10-5-16-18(7-10)8-11-1-2-12(22-11)13(19)17-4-3-9(6-17)14(20)21/h1-2,5,7,9H,3-4,6,8H2,(H,20,21)/t9-/m0/s1. The van der Waals surface area contributed by atoms with Crippen LogP contribution in [0.2, 0.25) is 0 Å². The van der Waals surface area contributed by atoms with E-state index in [1.165, 1.54) is 4.90 Å². The van der Waals surface area contributed by atoms with Gasteiger partial charge in [-0.3, -0.25) is 14.3 Å². The quantitative estimate of drug-likeness (QED) is 0.890. The topological polar surface area (TPSA) is 88.6 Å². The molecular formula is C14H14BrN3O4. The van der Waals surface area contributed by atoms with Gasteiger partial charge in [-0.25, -0.2) is 0 Å². The van der Waals surface area contributed by atoms with E-state index in [2.05, 4.69) is 21.0 Å². The zero-order chi connectivity index (χ0) is 15.7. The third kappa shape index (κ3) is 3.06. The lowest BCUT2D eigenvalue weighted by molar-refractivity contribution is -0.141. The van der Waals surface area contributed by atoms with Crippen LogP contribution in [0.5, 0.6) is 0 Å². The summed E-state index contributed by atoms with van der Waals surface area (Å²) < 4.78 is 8.11. The second-order valence-corrected chi connectivity index (χ2v) is 6.11. The first-order valence-electron chi connectivity index (χ1n) is 6.81. The summed E-state index contributed by atoms with van der Waals surface area (Å²) in [6, 6.07) is 3.35. The fourth-order valence-electron chi connectivity index (χ4n) is 2.46. The molecule has 1 fully saturated rings. The van der Waals surface area contributed by atoms with Crippen molar-refractivity contribution < 1.29 is 19.1 Å². The molecule has 1 aliphatic heterocycles. The second-order valence-electron chi connectivity index (χ2n) is 5.20. The van der Waals surface area contributed by atoms with Crippen molar-refractivity contribution in [1.29, 1.82) is 0 Å². The number of amides is 1. The van der Waals surface area contributed by atoms with E-state index in [4.69, 9.17) is 9.52 Å². The van der Waals surface area contributed by atoms with Gasteiger partial charge in [-0.2, -0.15) is 5.10 Å². The number of furan rings is 1. The number of likely N-dealkylation sites (tertiary alicyclic amines) is 1. The molecule has 1 aliphatic rings. The third-order valence-corrected chi connectivity index (χ3v) is 4.03. The highest BCUT2D eigenvalue weighted by Gasteiger charge is 2.32. The Morgan fingerprint density at radius 3 is 2.91 bits per heavy atom. The Balaban J connectivity index is 1.66. The Morgan fingerprint density at radius 1 is 1.45 bits per heavy atom. The Hall–Kier alpha value is -2.09. The first-order chi connectivity index (χ1) is 10.5. The molecule has 8 heteroatoms. The number of hydrogen-bond donors (Lipinski definition) is 1. The molecule has 1 saturated heterocycles. The van der Waals surface area contributed by atoms with Gasteiger partial charge in [0.05, 0.1) is 23.1 Å². The Labute approximate surface area is 134 Å². The number of nitrogens with zero attached hydrogens (tertiary/aromatic N) is 3. The van der Waals surface area contributed by atoms with Crippen molar-refractivity contribution in [2.75, 3.05) is 13.1 Å². The van der Waals surface area contributed by atoms with Gasteiger partial charge in [-0.05, 0) is 34.5 Å². The first kappa shape index (κ1) is 14.8. The highest BCUT2D eigenvalue weighted by molar-refractivity contribution is 9.10. The molecule has 0 bridgehead atoms. The van der Waals surface area contributed by atoms with Crippen LogP contribution in [0.4, 0.5) is 0 Å². The largest absolute Gasteiger partial charge is 0.481 e. The Morgan fingerprint density at radius 2 is 2.27 bits per heavy atom. The predicted molar refractivity (Wildman–Crippen MR) is 79.4 cm³/mol. The molecule has 0 aliphatic carbocycles. The molecule has 0 unspecified atom stereocenters. The Kier molecular flexibility index (Phi) is 4.02. The van der Waals surface area contributed by atoms with E-state index in [1.807, 2.05) is 6.20 Å². The average Bonchev–Trinajstić information content (AvgIpc) is 3.19. The van der Waals surface area contributed by atoms with Crippen molar-refractivity contribution in [1.82, 2.24) is 14.7 Å². The van der Waals surface area contributed by atoms with Crippen LogP contribution < -0.4 is 0 Å². The maximum atomic E-state index is 12.3. The number of halogens is 1.